The lowest BCUT2D eigenvalue weighted by molar-refractivity contribution is 0.0730. The number of sulfonamides is 1. The molecule has 2 aromatic carbocycles. The SMILES string of the molecule is O=S(=O)(c1cccc(COc2ccccc2Cl)c1)N1CCOCC1. The molecule has 1 aliphatic rings. The van der Waals surface area contributed by atoms with Crippen molar-refractivity contribution < 1.29 is 17.9 Å². The summed E-state index contributed by atoms with van der Waals surface area (Å²) in [6, 6.07) is 14.0. The molecule has 0 aromatic heterocycles. The van der Waals surface area contributed by atoms with Crippen molar-refractivity contribution in [2.45, 2.75) is 11.5 Å². The maximum Gasteiger partial charge on any atom is 0.243 e. The fourth-order valence-electron chi connectivity index (χ4n) is 2.45. The molecule has 1 aliphatic heterocycles. The van der Waals surface area contributed by atoms with Gasteiger partial charge in [-0.3, -0.25) is 0 Å². The highest BCUT2D eigenvalue weighted by atomic mass is 35.5. The molecule has 128 valence electrons. The first kappa shape index (κ1) is 17.2. The van der Waals surface area contributed by atoms with E-state index in [1.807, 2.05) is 18.2 Å². The van der Waals surface area contributed by atoms with Crippen LogP contribution in [0.5, 0.6) is 5.75 Å². The van der Waals surface area contributed by atoms with Crippen LogP contribution in [0, 0.1) is 0 Å². The zero-order valence-electron chi connectivity index (χ0n) is 13.0. The minimum Gasteiger partial charge on any atom is -0.487 e. The van der Waals surface area contributed by atoms with E-state index in [1.54, 1.807) is 30.3 Å². The van der Waals surface area contributed by atoms with Crippen LogP contribution in [0.25, 0.3) is 0 Å². The minimum atomic E-state index is -3.50. The Hall–Kier alpha value is -1.60. The Morgan fingerprint density at radius 3 is 2.58 bits per heavy atom. The number of hydrogen-bond acceptors (Lipinski definition) is 4. The molecule has 0 N–H and O–H groups in total. The summed E-state index contributed by atoms with van der Waals surface area (Å²) in [5.41, 5.74) is 0.768. The standard InChI is InChI=1S/C17H18ClNO4S/c18-16-6-1-2-7-17(16)23-13-14-4-3-5-15(12-14)24(20,21)19-8-10-22-11-9-19/h1-7,12H,8-11,13H2. The number of nitrogens with zero attached hydrogens (tertiary/aromatic N) is 1. The highest BCUT2D eigenvalue weighted by molar-refractivity contribution is 7.89. The second-order valence-electron chi connectivity index (χ2n) is 5.38. The first-order valence-corrected chi connectivity index (χ1v) is 9.43. The molecule has 0 unspecified atom stereocenters. The van der Waals surface area contributed by atoms with Crippen molar-refractivity contribution in [3.63, 3.8) is 0 Å². The molecule has 24 heavy (non-hydrogen) atoms. The molecule has 2 aromatic rings. The third-order valence-electron chi connectivity index (χ3n) is 3.74. The van der Waals surface area contributed by atoms with Crippen molar-refractivity contribution in [2.75, 3.05) is 26.3 Å². The molecule has 1 fully saturated rings. The quantitative estimate of drug-likeness (QED) is 0.815. The number of halogens is 1. The Morgan fingerprint density at radius 2 is 1.83 bits per heavy atom. The molecule has 0 atom stereocenters. The molecule has 1 heterocycles. The van der Waals surface area contributed by atoms with Crippen LogP contribution in [-0.4, -0.2) is 39.0 Å². The van der Waals surface area contributed by atoms with Gasteiger partial charge in [-0.25, -0.2) is 8.42 Å². The van der Waals surface area contributed by atoms with Crippen molar-refractivity contribution in [1.29, 1.82) is 0 Å². The molecule has 5 nitrogen and oxygen atoms in total. The van der Waals surface area contributed by atoms with Gasteiger partial charge >= 0.3 is 0 Å². The normalized spacial score (nSPS) is 16.0. The summed E-state index contributed by atoms with van der Waals surface area (Å²) in [4.78, 5) is 0.268. The third kappa shape index (κ3) is 3.89. The number of rotatable bonds is 5. The molecule has 0 aliphatic carbocycles. The molecule has 0 bridgehead atoms. The van der Waals surface area contributed by atoms with E-state index in [4.69, 9.17) is 21.1 Å². The minimum absolute atomic E-state index is 0.246. The smallest absolute Gasteiger partial charge is 0.243 e. The second-order valence-corrected chi connectivity index (χ2v) is 7.73. The average molecular weight is 368 g/mol. The van der Waals surface area contributed by atoms with E-state index in [9.17, 15) is 8.42 Å². The van der Waals surface area contributed by atoms with Crippen molar-refractivity contribution in [3.05, 3.63) is 59.1 Å². The maximum atomic E-state index is 12.7. The van der Waals surface area contributed by atoms with Gasteiger partial charge in [0.25, 0.3) is 0 Å². The highest BCUT2D eigenvalue weighted by Gasteiger charge is 2.26. The van der Waals surface area contributed by atoms with Gasteiger partial charge in [0.05, 0.1) is 23.1 Å². The first-order valence-electron chi connectivity index (χ1n) is 7.61. The lowest BCUT2D eigenvalue weighted by atomic mass is 10.2. The van der Waals surface area contributed by atoms with Crippen LogP contribution in [0.2, 0.25) is 5.02 Å². The summed E-state index contributed by atoms with van der Waals surface area (Å²) >= 11 is 6.06. The summed E-state index contributed by atoms with van der Waals surface area (Å²) in [5.74, 6) is 0.570. The zero-order valence-corrected chi connectivity index (χ0v) is 14.6. The van der Waals surface area contributed by atoms with Gasteiger partial charge in [0.2, 0.25) is 10.0 Å². The highest BCUT2D eigenvalue weighted by Crippen LogP contribution is 2.25. The average Bonchev–Trinajstić information content (AvgIpc) is 2.62. The van der Waals surface area contributed by atoms with E-state index in [1.165, 1.54) is 4.31 Å². The van der Waals surface area contributed by atoms with E-state index < -0.39 is 10.0 Å². The van der Waals surface area contributed by atoms with Crippen molar-refractivity contribution in [3.8, 4) is 5.75 Å². The number of para-hydroxylation sites is 1. The topological polar surface area (TPSA) is 55.8 Å². The lowest BCUT2D eigenvalue weighted by Crippen LogP contribution is -2.40. The van der Waals surface area contributed by atoms with E-state index >= 15 is 0 Å². The van der Waals surface area contributed by atoms with Crippen LogP contribution in [0.4, 0.5) is 0 Å². The summed E-state index contributed by atoms with van der Waals surface area (Å²) < 4.78 is 37.7. The largest absolute Gasteiger partial charge is 0.487 e. The first-order chi connectivity index (χ1) is 11.6. The van der Waals surface area contributed by atoms with E-state index in [2.05, 4.69) is 0 Å². The fraction of sp³-hybridized carbons (Fsp3) is 0.294. The van der Waals surface area contributed by atoms with Crippen LogP contribution < -0.4 is 4.74 Å². The Morgan fingerprint density at radius 1 is 1.08 bits per heavy atom. The summed E-state index contributed by atoms with van der Waals surface area (Å²) in [6.07, 6.45) is 0. The molecular formula is C17H18ClNO4S. The van der Waals surface area contributed by atoms with Crippen molar-refractivity contribution in [1.82, 2.24) is 4.31 Å². The molecule has 1 saturated heterocycles. The number of benzene rings is 2. The van der Waals surface area contributed by atoms with Gasteiger partial charge in [0.15, 0.2) is 0 Å². The monoisotopic (exact) mass is 367 g/mol. The number of morpholine rings is 1. The van der Waals surface area contributed by atoms with E-state index in [-0.39, 0.29) is 11.5 Å². The van der Waals surface area contributed by atoms with Crippen LogP contribution >= 0.6 is 11.6 Å². The van der Waals surface area contributed by atoms with Gasteiger partial charge in [0, 0.05) is 13.1 Å². The van der Waals surface area contributed by atoms with Crippen LogP contribution in [0.3, 0.4) is 0 Å². The van der Waals surface area contributed by atoms with Gasteiger partial charge in [-0.1, -0.05) is 35.9 Å². The predicted octanol–water partition coefficient (Wildman–Crippen LogP) is 2.94. The van der Waals surface area contributed by atoms with Gasteiger partial charge in [0.1, 0.15) is 12.4 Å². The van der Waals surface area contributed by atoms with E-state index in [0.29, 0.717) is 37.1 Å². The lowest BCUT2D eigenvalue weighted by Gasteiger charge is -2.26. The summed E-state index contributed by atoms with van der Waals surface area (Å²) in [5, 5.41) is 0.523. The third-order valence-corrected chi connectivity index (χ3v) is 5.94. The maximum absolute atomic E-state index is 12.7. The van der Waals surface area contributed by atoms with Crippen molar-refractivity contribution >= 4 is 21.6 Å². The molecule has 0 radical (unpaired) electrons. The molecule has 0 spiro atoms. The van der Waals surface area contributed by atoms with Gasteiger partial charge in [-0.15, -0.1) is 0 Å². The molecule has 0 amide bonds. The van der Waals surface area contributed by atoms with Gasteiger partial charge in [-0.2, -0.15) is 4.31 Å². The predicted molar refractivity (Wildman–Crippen MR) is 91.8 cm³/mol. The fourth-order valence-corrected chi connectivity index (χ4v) is 4.12. The van der Waals surface area contributed by atoms with Gasteiger partial charge in [-0.05, 0) is 29.8 Å². The molecule has 3 rings (SSSR count). The van der Waals surface area contributed by atoms with Crippen molar-refractivity contribution in [2.24, 2.45) is 0 Å². The van der Waals surface area contributed by atoms with Crippen LogP contribution in [-0.2, 0) is 21.4 Å². The Bertz CT molecular complexity index is 804. The molecular weight excluding hydrogens is 350 g/mol. The molecule has 0 saturated carbocycles. The Balaban J connectivity index is 1.75. The zero-order chi connectivity index (χ0) is 17.0. The van der Waals surface area contributed by atoms with Gasteiger partial charge < -0.3 is 9.47 Å². The molecule has 7 heteroatoms. The number of ether oxygens (including phenoxy) is 2. The van der Waals surface area contributed by atoms with Crippen LogP contribution in [0.1, 0.15) is 5.56 Å². The Labute approximate surface area is 146 Å². The van der Waals surface area contributed by atoms with Crippen LogP contribution in [0.15, 0.2) is 53.4 Å². The Kier molecular flexibility index (Phi) is 5.40. The van der Waals surface area contributed by atoms with E-state index in [0.717, 1.165) is 5.56 Å². The number of hydrogen-bond donors (Lipinski definition) is 0. The summed E-state index contributed by atoms with van der Waals surface area (Å²) in [6.45, 7) is 1.85. The second kappa shape index (κ2) is 7.53. The summed E-state index contributed by atoms with van der Waals surface area (Å²) in [7, 11) is -3.50.